The van der Waals surface area contributed by atoms with E-state index in [0.29, 0.717) is 39.8 Å². The van der Waals surface area contributed by atoms with Gasteiger partial charge in [0, 0.05) is 52.4 Å². The van der Waals surface area contributed by atoms with Gasteiger partial charge in [0.05, 0.1) is 13.1 Å². The van der Waals surface area contributed by atoms with Crippen molar-refractivity contribution in [1.82, 2.24) is 20.1 Å². The Kier molecular flexibility index (Phi) is 8.65. The SMILES string of the molecule is Cc1ccc2cc1OCCNC(=O)C[C@@H]1CC[C@H](CNC2=O)N1C(=O)c1cccn(Cc2c(Cl)cccc2Cl)c1=O. The first-order valence-electron chi connectivity index (χ1n) is 13.5. The Labute approximate surface area is 247 Å². The summed E-state index contributed by atoms with van der Waals surface area (Å²) in [6.07, 6.45) is 2.77. The van der Waals surface area contributed by atoms with E-state index >= 15 is 0 Å². The van der Waals surface area contributed by atoms with Crippen LogP contribution < -0.4 is 20.9 Å². The molecule has 1 fully saturated rings. The van der Waals surface area contributed by atoms with Gasteiger partial charge in [-0.05, 0) is 61.7 Å². The number of nitrogens with one attached hydrogen (secondary N) is 2. The topological polar surface area (TPSA) is 110 Å². The molecule has 0 spiro atoms. The molecule has 9 nitrogen and oxygen atoms in total. The lowest BCUT2D eigenvalue weighted by Crippen LogP contribution is -2.49. The van der Waals surface area contributed by atoms with Crippen molar-refractivity contribution in [3.05, 3.63) is 97.4 Å². The number of ether oxygens (including phenoxy) is 1. The second-order valence-corrected chi connectivity index (χ2v) is 11.1. The average Bonchev–Trinajstić information content (AvgIpc) is 3.34. The van der Waals surface area contributed by atoms with Gasteiger partial charge in [0.1, 0.15) is 17.9 Å². The minimum atomic E-state index is -0.499. The molecule has 0 aliphatic carbocycles. The lowest BCUT2D eigenvalue weighted by Gasteiger charge is -2.30. The molecule has 0 unspecified atom stereocenters. The second-order valence-electron chi connectivity index (χ2n) is 10.2. The summed E-state index contributed by atoms with van der Waals surface area (Å²) < 4.78 is 7.19. The molecule has 0 saturated carbocycles. The van der Waals surface area contributed by atoms with Crippen LogP contribution in [-0.4, -0.2) is 59.0 Å². The maximum atomic E-state index is 14.0. The molecular weight excluding hydrogens is 567 g/mol. The Balaban J connectivity index is 1.44. The van der Waals surface area contributed by atoms with Crippen molar-refractivity contribution in [2.24, 2.45) is 0 Å². The van der Waals surface area contributed by atoms with Crippen LogP contribution in [0.1, 0.15) is 51.1 Å². The molecule has 3 amide bonds. The number of carbonyl (C=O) groups is 3. The fourth-order valence-electron chi connectivity index (χ4n) is 5.36. The number of hydrogen-bond donors (Lipinski definition) is 2. The Morgan fingerprint density at radius 2 is 1.76 bits per heavy atom. The Morgan fingerprint density at radius 1 is 1.00 bits per heavy atom. The van der Waals surface area contributed by atoms with Crippen molar-refractivity contribution < 1.29 is 19.1 Å². The predicted octanol–water partition coefficient (Wildman–Crippen LogP) is 3.81. The van der Waals surface area contributed by atoms with Gasteiger partial charge in [-0.2, -0.15) is 0 Å². The molecule has 2 aliphatic heterocycles. The fraction of sp³-hybridized carbons (Fsp3) is 0.333. The molecule has 5 rings (SSSR count). The number of benzene rings is 2. The van der Waals surface area contributed by atoms with Crippen LogP contribution in [0.4, 0.5) is 0 Å². The number of fused-ring (bicyclic) bond motifs is 4. The van der Waals surface area contributed by atoms with Gasteiger partial charge < -0.3 is 24.8 Å². The maximum Gasteiger partial charge on any atom is 0.263 e. The zero-order valence-corrected chi connectivity index (χ0v) is 24.0. The lowest BCUT2D eigenvalue weighted by atomic mass is 10.1. The van der Waals surface area contributed by atoms with Gasteiger partial charge in [-0.15, -0.1) is 0 Å². The van der Waals surface area contributed by atoms with Crippen molar-refractivity contribution in [3.8, 4) is 5.75 Å². The van der Waals surface area contributed by atoms with Crippen molar-refractivity contribution >= 4 is 40.9 Å². The first kappa shape index (κ1) is 28.7. The van der Waals surface area contributed by atoms with Crippen molar-refractivity contribution in [2.45, 2.75) is 44.8 Å². The molecule has 41 heavy (non-hydrogen) atoms. The number of amides is 3. The van der Waals surface area contributed by atoms with E-state index in [2.05, 4.69) is 10.6 Å². The Bertz CT molecular complexity index is 1540. The molecule has 11 heteroatoms. The number of pyridine rings is 1. The zero-order chi connectivity index (χ0) is 29.1. The van der Waals surface area contributed by atoms with Crippen LogP contribution in [0.25, 0.3) is 0 Å². The largest absolute Gasteiger partial charge is 0.491 e. The van der Waals surface area contributed by atoms with Gasteiger partial charge in [0.25, 0.3) is 17.4 Å². The third-order valence-corrected chi connectivity index (χ3v) is 8.25. The molecule has 214 valence electrons. The highest BCUT2D eigenvalue weighted by Crippen LogP contribution is 2.29. The van der Waals surface area contributed by atoms with Crippen molar-refractivity contribution in [1.29, 1.82) is 0 Å². The fourth-order valence-corrected chi connectivity index (χ4v) is 5.87. The summed E-state index contributed by atoms with van der Waals surface area (Å²) in [6.45, 7) is 2.64. The number of halogens is 2. The van der Waals surface area contributed by atoms with Gasteiger partial charge in [-0.25, -0.2) is 0 Å². The number of nitrogens with zero attached hydrogens (tertiary/aromatic N) is 2. The number of aryl methyl sites for hydroxylation is 1. The lowest BCUT2D eigenvalue weighted by molar-refractivity contribution is -0.122. The monoisotopic (exact) mass is 596 g/mol. The molecule has 1 saturated heterocycles. The van der Waals surface area contributed by atoms with E-state index in [9.17, 15) is 19.2 Å². The first-order chi connectivity index (χ1) is 19.7. The van der Waals surface area contributed by atoms with Crippen LogP contribution in [0.15, 0.2) is 59.5 Å². The Hall–Kier alpha value is -3.82. The molecule has 2 atom stereocenters. The summed E-state index contributed by atoms with van der Waals surface area (Å²) in [5.41, 5.74) is 1.34. The van der Waals surface area contributed by atoms with Crippen LogP contribution >= 0.6 is 23.2 Å². The van der Waals surface area contributed by atoms with E-state index in [4.69, 9.17) is 27.9 Å². The third kappa shape index (κ3) is 6.26. The number of aromatic nitrogens is 1. The molecule has 2 aromatic carbocycles. The number of carbonyl (C=O) groups excluding carboxylic acids is 3. The highest BCUT2D eigenvalue weighted by atomic mass is 35.5. The van der Waals surface area contributed by atoms with Crippen molar-refractivity contribution in [2.75, 3.05) is 19.7 Å². The quantitative estimate of drug-likeness (QED) is 0.478. The van der Waals surface area contributed by atoms with Crippen LogP contribution in [-0.2, 0) is 11.3 Å². The molecule has 2 N–H and O–H groups in total. The van der Waals surface area contributed by atoms with E-state index in [1.54, 1.807) is 53.6 Å². The van der Waals surface area contributed by atoms with E-state index in [0.717, 1.165) is 5.56 Å². The normalized spacial score (nSPS) is 19.4. The van der Waals surface area contributed by atoms with E-state index in [1.807, 2.05) is 6.92 Å². The number of hydrogen-bond acceptors (Lipinski definition) is 5. The summed E-state index contributed by atoms with van der Waals surface area (Å²) in [5.74, 6) is -0.443. The van der Waals surface area contributed by atoms with Crippen LogP contribution in [0.5, 0.6) is 5.75 Å². The summed E-state index contributed by atoms with van der Waals surface area (Å²) >= 11 is 12.6. The summed E-state index contributed by atoms with van der Waals surface area (Å²) in [5, 5.41) is 6.61. The van der Waals surface area contributed by atoms with Gasteiger partial charge >= 0.3 is 0 Å². The minimum Gasteiger partial charge on any atom is -0.491 e. The third-order valence-electron chi connectivity index (χ3n) is 7.55. The van der Waals surface area contributed by atoms with Crippen molar-refractivity contribution in [3.63, 3.8) is 0 Å². The standard InChI is InChI=1S/C30H30Cl2N4O5/c1-18-7-8-19-14-26(18)41-13-11-33-27(37)15-20-9-10-21(16-34-28(19)38)36(20)30(40)22-4-3-12-35(29(22)39)17-23-24(31)5-2-6-25(23)32/h2-8,12,14,20-21H,9-11,13,15-17H2,1H3,(H,33,37)(H,34,38)/t20-,21+/m0/s1. The van der Waals surface area contributed by atoms with E-state index in [1.165, 1.54) is 10.6 Å². The number of rotatable bonds is 3. The van der Waals surface area contributed by atoms with Gasteiger partial charge in [0.2, 0.25) is 5.91 Å². The molecule has 1 aromatic heterocycles. The van der Waals surface area contributed by atoms with Gasteiger partial charge in [0.15, 0.2) is 0 Å². The molecule has 3 heterocycles. The van der Waals surface area contributed by atoms with Gasteiger partial charge in [-0.3, -0.25) is 19.2 Å². The van der Waals surface area contributed by atoms with E-state index in [-0.39, 0.29) is 50.0 Å². The second kappa shape index (κ2) is 12.4. The zero-order valence-electron chi connectivity index (χ0n) is 22.5. The smallest absolute Gasteiger partial charge is 0.263 e. The molecule has 4 bridgehead atoms. The van der Waals surface area contributed by atoms with Crippen LogP contribution in [0.2, 0.25) is 10.0 Å². The molecule has 3 aromatic rings. The van der Waals surface area contributed by atoms with Crippen LogP contribution in [0.3, 0.4) is 0 Å². The highest BCUT2D eigenvalue weighted by Gasteiger charge is 2.39. The molecule has 2 aliphatic rings. The predicted molar refractivity (Wildman–Crippen MR) is 156 cm³/mol. The van der Waals surface area contributed by atoms with Crippen LogP contribution in [0, 0.1) is 6.92 Å². The summed E-state index contributed by atoms with van der Waals surface area (Å²) in [4.78, 5) is 54.9. The highest BCUT2D eigenvalue weighted by molar-refractivity contribution is 6.36. The molecule has 0 radical (unpaired) electrons. The molecular formula is C30H30Cl2N4O5. The van der Waals surface area contributed by atoms with Gasteiger partial charge in [-0.1, -0.05) is 35.3 Å². The Morgan fingerprint density at radius 3 is 2.54 bits per heavy atom. The average molecular weight is 597 g/mol. The first-order valence-corrected chi connectivity index (χ1v) is 14.2. The summed E-state index contributed by atoms with van der Waals surface area (Å²) in [7, 11) is 0. The maximum absolute atomic E-state index is 14.0. The summed E-state index contributed by atoms with van der Waals surface area (Å²) in [6, 6.07) is 12.5. The minimum absolute atomic E-state index is 0.0335. The van der Waals surface area contributed by atoms with E-state index < -0.39 is 23.6 Å².